The Bertz CT molecular complexity index is 363. The molecule has 1 unspecified atom stereocenters. The molecule has 3 nitrogen and oxygen atoms in total. The predicted molar refractivity (Wildman–Crippen MR) is 47.0 cm³/mol. The lowest BCUT2D eigenvalue weighted by Crippen LogP contribution is -2.11. The van der Waals surface area contributed by atoms with Crippen LogP contribution < -0.4 is 0 Å². The zero-order valence-electron chi connectivity index (χ0n) is 6.77. The number of aliphatic carboxylic acids is 1. The lowest BCUT2D eigenvalue weighted by atomic mass is 10.0. The van der Waals surface area contributed by atoms with E-state index in [1.807, 2.05) is 0 Å². The number of hydrogen-bond donors (Lipinski definition) is 2. The molecule has 2 N–H and O–H groups in total. The Morgan fingerprint density at radius 2 is 2.08 bits per heavy atom. The first-order valence-electron chi connectivity index (χ1n) is 3.63. The highest BCUT2D eigenvalue weighted by Crippen LogP contribution is 2.16. The Balaban J connectivity index is 3.15. The number of carboxylic acids is 1. The number of benzene rings is 1. The van der Waals surface area contributed by atoms with E-state index in [1.165, 1.54) is 6.07 Å². The first-order valence-corrected chi connectivity index (χ1v) is 3.63. The summed E-state index contributed by atoms with van der Waals surface area (Å²) in [7, 11) is 0. The van der Waals surface area contributed by atoms with Crippen LogP contribution in [0.2, 0.25) is 0 Å². The standard InChI is InChI=1S/C10H8O3/c1-2-7-5-3-4-6-8(7)9(11)10(12)13/h1,3-6,9,11H,(H,12,13). The van der Waals surface area contributed by atoms with Gasteiger partial charge in [-0.25, -0.2) is 4.79 Å². The molecule has 1 aromatic carbocycles. The summed E-state index contributed by atoms with van der Waals surface area (Å²) in [6, 6.07) is 6.39. The van der Waals surface area contributed by atoms with E-state index < -0.39 is 12.1 Å². The van der Waals surface area contributed by atoms with Crippen LogP contribution in [-0.4, -0.2) is 16.2 Å². The van der Waals surface area contributed by atoms with E-state index in [1.54, 1.807) is 18.2 Å². The molecular weight excluding hydrogens is 168 g/mol. The van der Waals surface area contributed by atoms with Crippen molar-refractivity contribution >= 4 is 5.97 Å². The molecule has 0 aliphatic carbocycles. The fourth-order valence-electron chi connectivity index (χ4n) is 1.000. The zero-order valence-corrected chi connectivity index (χ0v) is 6.77. The second-order valence-electron chi connectivity index (χ2n) is 2.47. The van der Waals surface area contributed by atoms with Crippen LogP contribution in [0.3, 0.4) is 0 Å². The second-order valence-corrected chi connectivity index (χ2v) is 2.47. The minimum atomic E-state index is -1.55. The maximum atomic E-state index is 10.4. The third-order valence-electron chi connectivity index (χ3n) is 1.64. The number of carbonyl (C=O) groups is 1. The number of aliphatic hydroxyl groups is 1. The Kier molecular flexibility index (Phi) is 2.68. The molecule has 0 saturated heterocycles. The van der Waals surface area contributed by atoms with E-state index in [4.69, 9.17) is 11.5 Å². The summed E-state index contributed by atoms with van der Waals surface area (Å²) >= 11 is 0. The van der Waals surface area contributed by atoms with Gasteiger partial charge < -0.3 is 10.2 Å². The molecule has 1 aromatic rings. The van der Waals surface area contributed by atoms with Crippen LogP contribution in [0, 0.1) is 12.3 Å². The molecule has 3 heteroatoms. The molecule has 13 heavy (non-hydrogen) atoms. The van der Waals surface area contributed by atoms with Crippen molar-refractivity contribution in [3.63, 3.8) is 0 Å². The van der Waals surface area contributed by atoms with E-state index in [2.05, 4.69) is 5.92 Å². The van der Waals surface area contributed by atoms with Crippen molar-refractivity contribution in [2.24, 2.45) is 0 Å². The lowest BCUT2D eigenvalue weighted by molar-refractivity contribution is -0.146. The second kappa shape index (κ2) is 3.74. The van der Waals surface area contributed by atoms with E-state index in [0.717, 1.165) is 0 Å². The first-order chi connectivity index (χ1) is 6.16. The van der Waals surface area contributed by atoms with Crippen molar-refractivity contribution < 1.29 is 15.0 Å². The Morgan fingerprint density at radius 3 is 2.62 bits per heavy atom. The van der Waals surface area contributed by atoms with E-state index >= 15 is 0 Å². The van der Waals surface area contributed by atoms with Crippen LogP contribution in [0.15, 0.2) is 24.3 Å². The monoisotopic (exact) mass is 176 g/mol. The van der Waals surface area contributed by atoms with Crippen molar-refractivity contribution in [1.82, 2.24) is 0 Å². The molecule has 0 spiro atoms. The molecule has 1 atom stereocenters. The molecule has 0 amide bonds. The Labute approximate surface area is 75.6 Å². The topological polar surface area (TPSA) is 57.5 Å². The van der Waals surface area contributed by atoms with Crippen LogP contribution >= 0.6 is 0 Å². The fraction of sp³-hybridized carbons (Fsp3) is 0.100. The number of terminal acetylenes is 1. The minimum Gasteiger partial charge on any atom is -0.479 e. The van der Waals surface area contributed by atoms with Crippen molar-refractivity contribution in [1.29, 1.82) is 0 Å². The van der Waals surface area contributed by atoms with E-state index in [0.29, 0.717) is 5.56 Å². The van der Waals surface area contributed by atoms with Gasteiger partial charge in [-0.15, -0.1) is 6.42 Å². The normalized spacial score (nSPS) is 11.7. The van der Waals surface area contributed by atoms with Gasteiger partial charge >= 0.3 is 5.97 Å². The van der Waals surface area contributed by atoms with E-state index in [-0.39, 0.29) is 5.56 Å². The molecule has 0 aromatic heterocycles. The van der Waals surface area contributed by atoms with Crippen LogP contribution in [0.4, 0.5) is 0 Å². The van der Waals surface area contributed by atoms with Crippen LogP contribution in [-0.2, 0) is 4.79 Å². The number of carboxylic acid groups (broad SMARTS) is 1. The first kappa shape index (κ1) is 9.30. The average Bonchev–Trinajstić information content (AvgIpc) is 2.16. The maximum Gasteiger partial charge on any atom is 0.337 e. The van der Waals surface area contributed by atoms with E-state index in [9.17, 15) is 9.90 Å². The van der Waals surface area contributed by atoms with Gasteiger partial charge in [0.25, 0.3) is 0 Å². The van der Waals surface area contributed by atoms with Crippen LogP contribution in [0.1, 0.15) is 17.2 Å². The number of hydrogen-bond acceptors (Lipinski definition) is 2. The maximum absolute atomic E-state index is 10.4. The largest absolute Gasteiger partial charge is 0.479 e. The van der Waals surface area contributed by atoms with Gasteiger partial charge in [0.2, 0.25) is 0 Å². The molecule has 0 saturated carbocycles. The van der Waals surface area contributed by atoms with Crippen molar-refractivity contribution in [3.05, 3.63) is 35.4 Å². The third kappa shape index (κ3) is 1.86. The summed E-state index contributed by atoms with van der Waals surface area (Å²) in [6.07, 6.45) is 3.59. The van der Waals surface area contributed by atoms with Gasteiger partial charge in [-0.3, -0.25) is 0 Å². The van der Waals surface area contributed by atoms with Crippen LogP contribution in [0.25, 0.3) is 0 Å². The number of rotatable bonds is 2. The summed E-state index contributed by atoms with van der Waals surface area (Å²) in [5.41, 5.74) is 0.648. The zero-order chi connectivity index (χ0) is 9.84. The molecule has 0 aliphatic rings. The fourth-order valence-corrected chi connectivity index (χ4v) is 1.000. The van der Waals surface area contributed by atoms with Crippen LogP contribution in [0.5, 0.6) is 0 Å². The Morgan fingerprint density at radius 1 is 1.46 bits per heavy atom. The summed E-state index contributed by atoms with van der Waals surface area (Å²) in [4.78, 5) is 10.4. The van der Waals surface area contributed by atoms with Gasteiger partial charge in [0.15, 0.2) is 6.10 Å². The van der Waals surface area contributed by atoms with Gasteiger partial charge in [0, 0.05) is 11.1 Å². The molecule has 0 radical (unpaired) electrons. The highest BCUT2D eigenvalue weighted by atomic mass is 16.4. The van der Waals surface area contributed by atoms with Gasteiger partial charge in [-0.1, -0.05) is 24.1 Å². The molecular formula is C10H8O3. The van der Waals surface area contributed by atoms with Crippen molar-refractivity contribution in [3.8, 4) is 12.3 Å². The summed E-state index contributed by atoms with van der Waals surface area (Å²) < 4.78 is 0. The van der Waals surface area contributed by atoms with Gasteiger partial charge in [-0.05, 0) is 6.07 Å². The highest BCUT2D eigenvalue weighted by molar-refractivity contribution is 5.75. The lowest BCUT2D eigenvalue weighted by Gasteiger charge is -2.07. The summed E-state index contributed by atoms with van der Waals surface area (Å²) in [5, 5.41) is 17.8. The van der Waals surface area contributed by atoms with Gasteiger partial charge in [-0.2, -0.15) is 0 Å². The average molecular weight is 176 g/mol. The summed E-state index contributed by atoms with van der Waals surface area (Å²) in [6.45, 7) is 0. The molecule has 0 fully saturated rings. The minimum absolute atomic E-state index is 0.248. The molecule has 0 aliphatic heterocycles. The third-order valence-corrected chi connectivity index (χ3v) is 1.64. The molecule has 0 bridgehead atoms. The van der Waals surface area contributed by atoms with Crippen molar-refractivity contribution in [2.75, 3.05) is 0 Å². The quantitative estimate of drug-likeness (QED) is 0.655. The molecule has 1 rings (SSSR count). The van der Waals surface area contributed by atoms with Gasteiger partial charge in [0.05, 0.1) is 0 Å². The summed E-state index contributed by atoms with van der Waals surface area (Å²) in [5.74, 6) is 1.00. The van der Waals surface area contributed by atoms with Crippen molar-refractivity contribution in [2.45, 2.75) is 6.10 Å². The molecule has 66 valence electrons. The van der Waals surface area contributed by atoms with Gasteiger partial charge in [0.1, 0.15) is 0 Å². The smallest absolute Gasteiger partial charge is 0.337 e. The SMILES string of the molecule is C#Cc1ccccc1C(O)C(=O)O. The number of aliphatic hydroxyl groups excluding tert-OH is 1. The molecule has 0 heterocycles. The Hall–Kier alpha value is -1.79. The highest BCUT2D eigenvalue weighted by Gasteiger charge is 2.17. The predicted octanol–water partition coefficient (Wildman–Crippen LogP) is 0.786.